The number of phenolic OH excluding ortho intramolecular Hbond substituents is 1. The van der Waals surface area contributed by atoms with Gasteiger partial charge in [0.2, 0.25) is 11.0 Å². The highest BCUT2D eigenvalue weighted by atomic mass is 32.1. The molecule has 0 radical (unpaired) electrons. The van der Waals surface area contributed by atoms with Crippen molar-refractivity contribution in [1.29, 1.82) is 0 Å². The Kier molecular flexibility index (Phi) is 7.12. The van der Waals surface area contributed by atoms with Gasteiger partial charge >= 0.3 is 0 Å². The van der Waals surface area contributed by atoms with Crippen LogP contribution in [0.4, 0.5) is 5.13 Å². The molecular formula is C20H19N5O5S. The lowest BCUT2D eigenvalue weighted by atomic mass is 10.2. The number of hydrogen-bond acceptors (Lipinski definition) is 9. The first-order valence-electron chi connectivity index (χ1n) is 8.95. The fourth-order valence-corrected chi connectivity index (χ4v) is 3.15. The lowest BCUT2D eigenvalue weighted by molar-refractivity contribution is -0.120. The molecule has 1 heterocycles. The number of benzene rings is 2. The van der Waals surface area contributed by atoms with Crippen molar-refractivity contribution < 1.29 is 24.2 Å². The molecule has 0 saturated heterocycles. The van der Waals surface area contributed by atoms with Gasteiger partial charge in [-0.25, -0.2) is 5.43 Å². The molecule has 3 aromatic rings. The minimum absolute atomic E-state index is 0.00911. The van der Waals surface area contributed by atoms with E-state index in [1.165, 1.54) is 19.4 Å². The van der Waals surface area contributed by atoms with Crippen LogP contribution in [0.25, 0.3) is 0 Å². The Hall–Kier alpha value is -3.99. The van der Waals surface area contributed by atoms with Gasteiger partial charge in [-0.3, -0.25) is 14.9 Å². The maximum atomic E-state index is 12.3. The van der Waals surface area contributed by atoms with Crippen LogP contribution in [0, 0.1) is 0 Å². The molecule has 31 heavy (non-hydrogen) atoms. The summed E-state index contributed by atoms with van der Waals surface area (Å²) >= 11 is 1.09. The summed E-state index contributed by atoms with van der Waals surface area (Å²) in [6.45, 7) is 0. The Morgan fingerprint density at radius 1 is 1.13 bits per heavy atom. The van der Waals surface area contributed by atoms with E-state index < -0.39 is 5.91 Å². The molecule has 0 aliphatic heterocycles. The van der Waals surface area contributed by atoms with Crippen molar-refractivity contribution in [2.45, 2.75) is 6.42 Å². The number of nitrogens with zero attached hydrogens (tertiary/aromatic N) is 3. The Morgan fingerprint density at radius 3 is 2.61 bits per heavy atom. The van der Waals surface area contributed by atoms with Gasteiger partial charge in [-0.15, -0.1) is 10.2 Å². The van der Waals surface area contributed by atoms with Crippen LogP contribution in [-0.2, 0) is 11.2 Å². The van der Waals surface area contributed by atoms with Crippen molar-refractivity contribution >= 4 is 34.5 Å². The normalized spacial score (nSPS) is 10.6. The van der Waals surface area contributed by atoms with E-state index in [1.807, 2.05) is 0 Å². The van der Waals surface area contributed by atoms with Crippen LogP contribution in [0.1, 0.15) is 20.9 Å². The van der Waals surface area contributed by atoms with Gasteiger partial charge in [0.05, 0.1) is 26.9 Å². The molecule has 11 heteroatoms. The lowest BCUT2D eigenvalue weighted by Gasteiger charge is -2.03. The minimum atomic E-state index is -0.397. The van der Waals surface area contributed by atoms with E-state index >= 15 is 0 Å². The van der Waals surface area contributed by atoms with Crippen LogP contribution in [0.5, 0.6) is 17.2 Å². The number of aromatic hydroxyl groups is 1. The Bertz CT molecular complexity index is 1100. The number of nitrogens with one attached hydrogen (secondary N) is 2. The van der Waals surface area contributed by atoms with Crippen LogP contribution in [0.15, 0.2) is 47.6 Å². The second kappa shape index (κ2) is 10.2. The third kappa shape index (κ3) is 6.00. The fourth-order valence-electron chi connectivity index (χ4n) is 2.42. The second-order valence-corrected chi connectivity index (χ2v) is 7.15. The first-order chi connectivity index (χ1) is 15.0. The molecule has 1 aromatic heterocycles. The van der Waals surface area contributed by atoms with Crippen molar-refractivity contribution in [2.24, 2.45) is 5.10 Å². The molecule has 2 aromatic carbocycles. The number of phenols is 1. The summed E-state index contributed by atoms with van der Waals surface area (Å²) in [7, 11) is 2.98. The topological polar surface area (TPSA) is 135 Å². The van der Waals surface area contributed by atoms with Crippen molar-refractivity contribution in [2.75, 3.05) is 19.5 Å². The van der Waals surface area contributed by atoms with Gasteiger partial charge in [0.15, 0.2) is 11.5 Å². The monoisotopic (exact) mass is 441 g/mol. The van der Waals surface area contributed by atoms with E-state index in [2.05, 4.69) is 26.0 Å². The molecule has 3 rings (SSSR count). The average molecular weight is 441 g/mol. The number of hydrazone groups is 1. The number of amides is 2. The van der Waals surface area contributed by atoms with Crippen molar-refractivity contribution in [3.63, 3.8) is 0 Å². The number of hydrogen-bond donors (Lipinski definition) is 3. The number of methoxy groups -OCH3 is 2. The molecule has 10 nitrogen and oxygen atoms in total. The third-order valence-corrected chi connectivity index (χ3v) is 4.80. The summed E-state index contributed by atoms with van der Waals surface area (Å²) in [4.78, 5) is 24.3. The lowest BCUT2D eigenvalue weighted by Crippen LogP contribution is -2.19. The van der Waals surface area contributed by atoms with Crippen LogP contribution >= 0.6 is 11.3 Å². The number of carbonyl (C=O) groups is 2. The van der Waals surface area contributed by atoms with Gasteiger partial charge in [0.25, 0.3) is 5.91 Å². The summed E-state index contributed by atoms with van der Waals surface area (Å²) in [6.07, 6.45) is 1.37. The van der Waals surface area contributed by atoms with Crippen molar-refractivity contribution in [1.82, 2.24) is 15.6 Å². The molecular weight excluding hydrogens is 422 g/mol. The largest absolute Gasteiger partial charge is 0.504 e. The fraction of sp³-hybridized carbons (Fsp3) is 0.150. The van der Waals surface area contributed by atoms with Crippen LogP contribution in [-0.4, -0.2) is 47.6 Å². The first-order valence-corrected chi connectivity index (χ1v) is 9.77. The number of anilines is 1. The van der Waals surface area contributed by atoms with E-state index in [0.717, 1.165) is 11.3 Å². The standard InChI is InChI=1S/C20H19N5O5S/c1-29-14-6-4-13(5-7-14)19(28)22-20-25-24-18(31-20)10-17(27)23-21-11-12-3-8-15(26)16(9-12)30-2/h3-9,11,26H,10H2,1-2H3,(H,23,27)(H,22,25,28)/b21-11+. The van der Waals surface area contributed by atoms with E-state index in [4.69, 9.17) is 9.47 Å². The van der Waals surface area contributed by atoms with E-state index in [1.54, 1.807) is 43.5 Å². The molecule has 3 N–H and O–H groups in total. The van der Waals surface area contributed by atoms with Crippen molar-refractivity contribution in [3.8, 4) is 17.2 Å². The molecule has 0 saturated carbocycles. The minimum Gasteiger partial charge on any atom is -0.504 e. The summed E-state index contributed by atoms with van der Waals surface area (Å²) in [6, 6.07) is 11.3. The zero-order valence-corrected chi connectivity index (χ0v) is 17.5. The van der Waals surface area contributed by atoms with Gasteiger partial charge in [0.1, 0.15) is 10.8 Å². The van der Waals surface area contributed by atoms with Gasteiger partial charge in [0, 0.05) is 5.56 Å². The third-order valence-electron chi connectivity index (χ3n) is 3.96. The predicted octanol–water partition coefficient (Wildman–Crippen LogP) is 2.21. The maximum Gasteiger partial charge on any atom is 0.257 e. The molecule has 0 bridgehead atoms. The Labute approximate surface area is 181 Å². The van der Waals surface area contributed by atoms with Crippen molar-refractivity contribution in [3.05, 3.63) is 58.6 Å². The van der Waals surface area contributed by atoms with E-state index in [-0.39, 0.29) is 23.2 Å². The van der Waals surface area contributed by atoms with E-state index in [9.17, 15) is 14.7 Å². The van der Waals surface area contributed by atoms with Crippen LogP contribution < -0.4 is 20.2 Å². The number of rotatable bonds is 8. The summed E-state index contributed by atoms with van der Waals surface area (Å²) in [5.74, 6) is 0.214. The Balaban J connectivity index is 1.51. The first kappa shape index (κ1) is 21.7. The van der Waals surface area contributed by atoms with Crippen LogP contribution in [0.2, 0.25) is 0 Å². The second-order valence-electron chi connectivity index (χ2n) is 6.08. The molecule has 160 valence electrons. The molecule has 0 aliphatic carbocycles. The molecule has 2 amide bonds. The molecule has 0 aliphatic rings. The summed E-state index contributed by atoms with van der Waals surface area (Å²) in [5, 5.41) is 24.6. The van der Waals surface area contributed by atoms with Gasteiger partial charge < -0.3 is 14.6 Å². The van der Waals surface area contributed by atoms with E-state index in [0.29, 0.717) is 27.6 Å². The Morgan fingerprint density at radius 2 is 1.90 bits per heavy atom. The number of ether oxygens (including phenoxy) is 2. The highest BCUT2D eigenvalue weighted by molar-refractivity contribution is 7.15. The highest BCUT2D eigenvalue weighted by Gasteiger charge is 2.12. The summed E-state index contributed by atoms with van der Waals surface area (Å²) in [5.41, 5.74) is 3.46. The smallest absolute Gasteiger partial charge is 0.257 e. The van der Waals surface area contributed by atoms with Gasteiger partial charge in [-0.1, -0.05) is 11.3 Å². The predicted molar refractivity (Wildman–Crippen MR) is 115 cm³/mol. The number of aromatic nitrogens is 2. The summed E-state index contributed by atoms with van der Waals surface area (Å²) < 4.78 is 10.1. The molecule has 0 atom stereocenters. The molecule has 0 fully saturated rings. The molecule has 0 spiro atoms. The SMILES string of the molecule is COc1ccc(C(=O)Nc2nnc(CC(=O)N/N=C/c3ccc(O)c(OC)c3)s2)cc1. The van der Waals surface area contributed by atoms with Crippen LogP contribution in [0.3, 0.4) is 0 Å². The molecule has 0 unspecified atom stereocenters. The zero-order chi connectivity index (χ0) is 22.2. The maximum absolute atomic E-state index is 12.3. The van der Waals surface area contributed by atoms with Gasteiger partial charge in [-0.2, -0.15) is 5.10 Å². The zero-order valence-electron chi connectivity index (χ0n) is 16.7. The van der Waals surface area contributed by atoms with Gasteiger partial charge in [-0.05, 0) is 48.0 Å². The highest BCUT2D eigenvalue weighted by Crippen LogP contribution is 2.25. The number of carbonyl (C=O) groups excluding carboxylic acids is 2. The quantitative estimate of drug-likeness (QED) is 0.360. The average Bonchev–Trinajstić information content (AvgIpc) is 3.21.